The van der Waals surface area contributed by atoms with Crippen molar-refractivity contribution >= 4 is 38.2 Å². The van der Waals surface area contributed by atoms with Crippen LogP contribution in [-0.4, -0.2) is 31.5 Å². The molecule has 1 amide bonds. The van der Waals surface area contributed by atoms with Crippen molar-refractivity contribution in [1.29, 1.82) is 5.26 Å². The lowest BCUT2D eigenvalue weighted by atomic mass is 10.1. The third-order valence-electron chi connectivity index (χ3n) is 3.89. The summed E-state index contributed by atoms with van der Waals surface area (Å²) in [5.74, 6) is -1.27. The molecule has 2 aromatic carbocycles. The van der Waals surface area contributed by atoms with Crippen LogP contribution in [0.1, 0.15) is 31.2 Å². The van der Waals surface area contributed by atoms with E-state index in [1.54, 1.807) is 42.5 Å². The number of thiazole rings is 1. The summed E-state index contributed by atoms with van der Waals surface area (Å²) in [7, 11) is -3.73. The number of aryl methyl sites for hydroxylation is 1. The van der Waals surface area contributed by atoms with Gasteiger partial charge in [0.1, 0.15) is 16.7 Å². The monoisotopic (exact) mass is 441 g/mol. The van der Waals surface area contributed by atoms with Crippen molar-refractivity contribution in [2.75, 3.05) is 11.6 Å². The predicted octanol–water partition coefficient (Wildman–Crippen LogP) is 3.20. The van der Waals surface area contributed by atoms with E-state index in [4.69, 9.17) is 10.00 Å². The Morgan fingerprint density at radius 3 is 2.40 bits per heavy atom. The summed E-state index contributed by atoms with van der Waals surface area (Å²) < 4.78 is 28.8. The topological polar surface area (TPSA) is 126 Å². The van der Waals surface area contributed by atoms with Gasteiger partial charge in [-0.05, 0) is 31.2 Å². The molecule has 0 atom stereocenters. The lowest BCUT2D eigenvalue weighted by Gasteiger charge is -2.09. The van der Waals surface area contributed by atoms with E-state index in [1.165, 1.54) is 12.1 Å². The van der Waals surface area contributed by atoms with Gasteiger partial charge in [-0.2, -0.15) is 5.26 Å². The van der Waals surface area contributed by atoms with Gasteiger partial charge in [-0.1, -0.05) is 41.2 Å². The largest absolute Gasteiger partial charge is 0.422 e. The average molecular weight is 441 g/mol. The Bertz CT molecular complexity index is 1270. The van der Waals surface area contributed by atoms with Crippen molar-refractivity contribution in [3.8, 4) is 11.8 Å². The first-order valence-corrected chi connectivity index (χ1v) is 11.2. The van der Waals surface area contributed by atoms with Crippen LogP contribution in [0.25, 0.3) is 0 Å². The van der Waals surface area contributed by atoms with Crippen molar-refractivity contribution in [1.82, 2.24) is 4.98 Å². The molecular formula is C20H15N3O5S2. The molecule has 10 heteroatoms. The Hall–Kier alpha value is -3.55. The zero-order valence-corrected chi connectivity index (χ0v) is 17.5. The lowest BCUT2D eigenvalue weighted by molar-refractivity contribution is 0.0733. The van der Waals surface area contributed by atoms with E-state index in [9.17, 15) is 18.0 Å². The third-order valence-corrected chi connectivity index (χ3v) is 5.89. The molecular weight excluding hydrogens is 426 g/mol. The van der Waals surface area contributed by atoms with E-state index in [1.807, 2.05) is 6.92 Å². The summed E-state index contributed by atoms with van der Waals surface area (Å²) in [4.78, 5) is 28.8. The first kappa shape index (κ1) is 21.2. The van der Waals surface area contributed by atoms with Crippen LogP contribution in [-0.2, 0) is 9.84 Å². The minimum atomic E-state index is -3.73. The molecule has 0 fully saturated rings. The molecule has 0 unspecified atom stereocenters. The number of carbonyl (C=O) groups excluding carboxylic acids is 2. The number of para-hydroxylation sites is 1. The molecule has 1 aromatic heterocycles. The summed E-state index contributed by atoms with van der Waals surface area (Å²) in [6.07, 6.45) is 0.925. The van der Waals surface area contributed by atoms with E-state index in [2.05, 4.69) is 10.3 Å². The molecule has 152 valence electrons. The molecule has 30 heavy (non-hydrogen) atoms. The minimum Gasteiger partial charge on any atom is -0.422 e. The van der Waals surface area contributed by atoms with Crippen molar-refractivity contribution in [2.45, 2.75) is 11.9 Å². The van der Waals surface area contributed by atoms with Gasteiger partial charge < -0.3 is 4.74 Å². The quantitative estimate of drug-likeness (QED) is 0.476. The minimum absolute atomic E-state index is 0.0287. The van der Waals surface area contributed by atoms with E-state index in [-0.39, 0.29) is 21.3 Å². The Morgan fingerprint density at radius 1 is 1.13 bits per heavy atom. The SMILES string of the molecule is Cc1ccc(C(=O)Oc2ccccc2C(=O)Nc2nc(S(C)(=O)=O)c(C#N)s2)cc1. The van der Waals surface area contributed by atoms with Gasteiger partial charge in [0.2, 0.25) is 0 Å². The van der Waals surface area contributed by atoms with E-state index in [0.717, 1.165) is 23.2 Å². The second-order valence-electron chi connectivity index (χ2n) is 6.24. The second kappa shape index (κ2) is 8.44. The number of hydrogen-bond donors (Lipinski definition) is 1. The molecule has 1 heterocycles. The summed E-state index contributed by atoms with van der Waals surface area (Å²) in [5.41, 5.74) is 1.36. The standard InChI is InChI=1S/C20H15N3O5S2/c1-12-7-9-13(10-8-12)19(25)28-15-6-4-3-5-14(15)17(24)22-20-23-18(30(2,26)27)16(11-21)29-20/h3-10H,1-2H3,(H,22,23,24). The average Bonchev–Trinajstić information content (AvgIpc) is 3.12. The molecule has 1 N–H and O–H groups in total. The van der Waals surface area contributed by atoms with Crippen LogP contribution in [0, 0.1) is 18.3 Å². The number of hydrogen-bond acceptors (Lipinski definition) is 8. The number of benzene rings is 2. The fourth-order valence-corrected chi connectivity index (χ4v) is 4.37. The molecule has 0 aliphatic heterocycles. The van der Waals surface area contributed by atoms with Gasteiger partial charge in [0.15, 0.2) is 20.0 Å². The maximum Gasteiger partial charge on any atom is 0.343 e. The van der Waals surface area contributed by atoms with Crippen LogP contribution < -0.4 is 10.1 Å². The van der Waals surface area contributed by atoms with Crippen LogP contribution in [0.2, 0.25) is 0 Å². The number of sulfone groups is 1. The molecule has 0 spiro atoms. The molecule has 3 aromatic rings. The summed E-state index contributed by atoms with van der Waals surface area (Å²) in [5, 5.41) is 11.1. The number of nitrogens with one attached hydrogen (secondary N) is 1. The van der Waals surface area contributed by atoms with Gasteiger partial charge in [0, 0.05) is 6.26 Å². The number of ether oxygens (including phenoxy) is 1. The fraction of sp³-hybridized carbons (Fsp3) is 0.100. The zero-order valence-electron chi connectivity index (χ0n) is 15.9. The normalized spacial score (nSPS) is 10.8. The number of anilines is 1. The summed E-state index contributed by atoms with van der Waals surface area (Å²) in [6.45, 7) is 1.89. The molecule has 3 rings (SSSR count). The highest BCUT2D eigenvalue weighted by Crippen LogP contribution is 2.27. The molecule has 0 saturated heterocycles. The predicted molar refractivity (Wildman–Crippen MR) is 110 cm³/mol. The zero-order chi connectivity index (χ0) is 21.9. The maximum absolute atomic E-state index is 12.7. The molecule has 0 aliphatic carbocycles. The lowest BCUT2D eigenvalue weighted by Crippen LogP contribution is -2.16. The first-order chi connectivity index (χ1) is 14.2. The van der Waals surface area contributed by atoms with Crippen LogP contribution in [0.5, 0.6) is 5.75 Å². The van der Waals surface area contributed by atoms with E-state index >= 15 is 0 Å². The van der Waals surface area contributed by atoms with E-state index in [0.29, 0.717) is 5.56 Å². The number of nitriles is 1. The van der Waals surface area contributed by atoms with Gasteiger partial charge >= 0.3 is 5.97 Å². The van der Waals surface area contributed by atoms with Crippen molar-refractivity contribution in [3.05, 3.63) is 70.1 Å². The summed E-state index contributed by atoms with van der Waals surface area (Å²) in [6, 6.07) is 14.6. The van der Waals surface area contributed by atoms with Crippen molar-refractivity contribution in [3.63, 3.8) is 0 Å². The Labute approximate surface area is 176 Å². The Kier molecular flexibility index (Phi) is 5.96. The second-order valence-corrected chi connectivity index (χ2v) is 9.17. The van der Waals surface area contributed by atoms with Gasteiger partial charge in [-0.25, -0.2) is 18.2 Å². The third kappa shape index (κ3) is 4.71. The Morgan fingerprint density at radius 2 is 1.80 bits per heavy atom. The molecule has 0 radical (unpaired) electrons. The number of amides is 1. The number of carbonyl (C=O) groups is 2. The maximum atomic E-state index is 12.7. The Balaban J connectivity index is 1.84. The van der Waals surface area contributed by atoms with Crippen LogP contribution in [0.15, 0.2) is 53.6 Å². The van der Waals surface area contributed by atoms with Gasteiger partial charge in [-0.3, -0.25) is 10.1 Å². The highest BCUT2D eigenvalue weighted by atomic mass is 32.2. The number of nitrogens with zero attached hydrogens (tertiary/aromatic N) is 2. The molecule has 0 aliphatic rings. The highest BCUT2D eigenvalue weighted by molar-refractivity contribution is 7.90. The highest BCUT2D eigenvalue weighted by Gasteiger charge is 2.22. The number of aromatic nitrogens is 1. The van der Waals surface area contributed by atoms with Crippen LogP contribution in [0.4, 0.5) is 5.13 Å². The number of rotatable bonds is 5. The first-order valence-electron chi connectivity index (χ1n) is 8.49. The van der Waals surface area contributed by atoms with Gasteiger partial charge in [-0.15, -0.1) is 0 Å². The molecule has 0 bridgehead atoms. The molecule has 0 saturated carbocycles. The van der Waals surface area contributed by atoms with Crippen LogP contribution >= 0.6 is 11.3 Å². The van der Waals surface area contributed by atoms with E-state index < -0.39 is 26.7 Å². The summed E-state index contributed by atoms with van der Waals surface area (Å²) >= 11 is 0.736. The molecule has 8 nitrogen and oxygen atoms in total. The van der Waals surface area contributed by atoms with Crippen molar-refractivity contribution < 1.29 is 22.7 Å². The number of esters is 1. The van der Waals surface area contributed by atoms with Gasteiger partial charge in [0.05, 0.1) is 11.1 Å². The van der Waals surface area contributed by atoms with Gasteiger partial charge in [0.25, 0.3) is 5.91 Å². The fourth-order valence-electron chi connectivity index (χ4n) is 2.44. The van der Waals surface area contributed by atoms with Crippen LogP contribution in [0.3, 0.4) is 0 Å². The smallest absolute Gasteiger partial charge is 0.343 e. The van der Waals surface area contributed by atoms with Crippen molar-refractivity contribution in [2.24, 2.45) is 0 Å².